The first-order valence-corrected chi connectivity index (χ1v) is 14.1. The third-order valence-corrected chi connectivity index (χ3v) is 8.45. The molecule has 2 N–H and O–H groups in total. The number of aromatic nitrogens is 1. The number of fused-ring (bicyclic) bond motifs is 1. The molecule has 1 saturated heterocycles. The molecule has 6 nitrogen and oxygen atoms in total. The lowest BCUT2D eigenvalue weighted by Crippen LogP contribution is -2.52. The van der Waals surface area contributed by atoms with Gasteiger partial charge < -0.3 is 9.88 Å². The fourth-order valence-corrected chi connectivity index (χ4v) is 5.71. The van der Waals surface area contributed by atoms with Crippen molar-refractivity contribution in [2.45, 2.75) is 72.3 Å². The van der Waals surface area contributed by atoms with Crippen molar-refractivity contribution in [3.63, 3.8) is 0 Å². The first-order chi connectivity index (χ1) is 16.0. The highest BCUT2D eigenvalue weighted by Gasteiger charge is 2.31. The Morgan fingerprint density at radius 3 is 2.62 bits per heavy atom. The van der Waals surface area contributed by atoms with E-state index in [2.05, 4.69) is 35.4 Å². The van der Waals surface area contributed by atoms with Crippen LogP contribution in [0, 0.1) is 17.2 Å². The highest BCUT2D eigenvalue weighted by Crippen LogP contribution is 2.26. The molecule has 0 saturated carbocycles. The van der Waals surface area contributed by atoms with Crippen LogP contribution in [0.3, 0.4) is 0 Å². The summed E-state index contributed by atoms with van der Waals surface area (Å²) < 4.78 is 40.7. The predicted octanol–water partition coefficient (Wildman–Crippen LogP) is 4.65. The number of H-pyrrole nitrogens is 1. The van der Waals surface area contributed by atoms with Gasteiger partial charge >= 0.3 is 0 Å². The predicted molar refractivity (Wildman–Crippen MR) is 136 cm³/mol. The second-order valence-corrected chi connectivity index (χ2v) is 12.8. The van der Waals surface area contributed by atoms with Crippen molar-refractivity contribution in [1.29, 1.82) is 0 Å². The van der Waals surface area contributed by atoms with E-state index in [4.69, 9.17) is 0 Å². The number of halogens is 1. The molecular formula is C26H40FN3O3S. The standard InChI is InChI=1S/C26H40FN3O3S/c1-5-34(32,33)29-25(26(2,3)4)18-30-13-11-19(12-14-30)15-22(31)8-6-7-20-17-28-24-10-9-21(27)16-23(20)24/h9-10,16-17,19,25,28-29H,5-8,11-15,18H2,1-4H3. The molecule has 8 heteroatoms. The van der Waals surface area contributed by atoms with Crippen molar-refractivity contribution < 1.29 is 17.6 Å². The monoisotopic (exact) mass is 493 g/mol. The van der Waals surface area contributed by atoms with Gasteiger partial charge in [0.05, 0.1) is 5.75 Å². The van der Waals surface area contributed by atoms with Gasteiger partial charge in [0.2, 0.25) is 10.0 Å². The van der Waals surface area contributed by atoms with Crippen LogP contribution in [0.25, 0.3) is 10.9 Å². The van der Waals surface area contributed by atoms with Crippen molar-refractivity contribution in [1.82, 2.24) is 14.6 Å². The van der Waals surface area contributed by atoms with E-state index >= 15 is 0 Å². The molecule has 190 valence electrons. The number of carbonyl (C=O) groups excluding carboxylic acids is 1. The van der Waals surface area contributed by atoms with E-state index in [0.717, 1.165) is 55.2 Å². The number of piperidine rings is 1. The summed E-state index contributed by atoms with van der Waals surface area (Å²) >= 11 is 0. The van der Waals surface area contributed by atoms with E-state index in [-0.39, 0.29) is 23.0 Å². The normalized spacial score (nSPS) is 17.3. The Morgan fingerprint density at radius 1 is 1.26 bits per heavy atom. The molecular weight excluding hydrogens is 453 g/mol. The summed E-state index contributed by atoms with van der Waals surface area (Å²) in [5.41, 5.74) is 1.81. The summed E-state index contributed by atoms with van der Waals surface area (Å²) in [5.74, 6) is 0.535. The number of carbonyl (C=O) groups is 1. The summed E-state index contributed by atoms with van der Waals surface area (Å²) in [7, 11) is -3.26. The Kier molecular flexibility index (Phi) is 8.93. The van der Waals surface area contributed by atoms with Gasteiger partial charge in [-0.2, -0.15) is 0 Å². The lowest BCUT2D eigenvalue weighted by atomic mass is 9.85. The molecule has 1 aliphatic heterocycles. The molecule has 1 aliphatic rings. The molecule has 1 aromatic heterocycles. The van der Waals surface area contributed by atoms with E-state index in [1.165, 1.54) is 6.07 Å². The summed E-state index contributed by atoms with van der Waals surface area (Å²) in [5, 5.41) is 0.898. The molecule has 0 amide bonds. The molecule has 3 rings (SSSR count). The lowest BCUT2D eigenvalue weighted by Gasteiger charge is -2.38. The largest absolute Gasteiger partial charge is 0.361 e. The third kappa shape index (κ3) is 7.62. The smallest absolute Gasteiger partial charge is 0.211 e. The highest BCUT2D eigenvalue weighted by atomic mass is 32.2. The molecule has 1 unspecified atom stereocenters. The van der Waals surface area contributed by atoms with Crippen molar-refractivity contribution in [3.05, 3.63) is 35.8 Å². The maximum Gasteiger partial charge on any atom is 0.211 e. The summed E-state index contributed by atoms with van der Waals surface area (Å²) in [6.45, 7) is 10.3. The van der Waals surface area contributed by atoms with E-state index in [9.17, 15) is 17.6 Å². The second-order valence-electron chi connectivity index (χ2n) is 10.8. The van der Waals surface area contributed by atoms with Crippen molar-refractivity contribution >= 4 is 26.7 Å². The van der Waals surface area contributed by atoms with Crippen LogP contribution in [0.2, 0.25) is 0 Å². The minimum absolute atomic E-state index is 0.0843. The van der Waals surface area contributed by atoms with E-state index in [1.807, 2.05) is 6.20 Å². The molecule has 0 bridgehead atoms. The molecule has 1 fully saturated rings. The molecule has 0 radical (unpaired) electrons. The number of aryl methyl sites for hydroxylation is 1. The first-order valence-electron chi connectivity index (χ1n) is 12.5. The van der Waals surface area contributed by atoms with E-state index < -0.39 is 10.0 Å². The third-order valence-electron chi connectivity index (χ3n) is 7.04. The number of nitrogens with one attached hydrogen (secondary N) is 2. The van der Waals surface area contributed by atoms with Crippen LogP contribution in [-0.4, -0.2) is 55.5 Å². The number of Topliss-reactive ketones (excluding diaryl/α,β-unsaturated/α-hetero) is 1. The average Bonchev–Trinajstić information content (AvgIpc) is 3.16. The molecule has 34 heavy (non-hydrogen) atoms. The number of hydrogen-bond donors (Lipinski definition) is 2. The molecule has 2 heterocycles. The van der Waals surface area contributed by atoms with Crippen LogP contribution in [0.5, 0.6) is 0 Å². The minimum Gasteiger partial charge on any atom is -0.361 e. The molecule has 0 spiro atoms. The Morgan fingerprint density at radius 2 is 1.97 bits per heavy atom. The number of hydrogen-bond acceptors (Lipinski definition) is 4. The van der Waals surface area contributed by atoms with Crippen molar-refractivity contribution in [3.8, 4) is 0 Å². The van der Waals surface area contributed by atoms with Crippen LogP contribution in [-0.2, 0) is 21.2 Å². The fraction of sp³-hybridized carbons (Fsp3) is 0.654. The Labute approximate surface area is 203 Å². The number of ketones is 1. The molecule has 1 aromatic carbocycles. The van der Waals surface area contributed by atoms with Crippen molar-refractivity contribution in [2.75, 3.05) is 25.4 Å². The van der Waals surface area contributed by atoms with Crippen LogP contribution in [0.1, 0.15) is 65.4 Å². The van der Waals surface area contributed by atoms with Crippen molar-refractivity contribution in [2.24, 2.45) is 11.3 Å². The number of sulfonamides is 1. The van der Waals surface area contributed by atoms with Gasteiger partial charge in [0.15, 0.2) is 0 Å². The topological polar surface area (TPSA) is 82.3 Å². The van der Waals surface area contributed by atoms with Gasteiger partial charge in [-0.25, -0.2) is 17.5 Å². The second kappa shape index (κ2) is 11.3. The zero-order valence-electron chi connectivity index (χ0n) is 21.0. The van der Waals surface area contributed by atoms with Gasteiger partial charge in [-0.15, -0.1) is 0 Å². The van der Waals surface area contributed by atoms with Crippen LogP contribution >= 0.6 is 0 Å². The van der Waals surface area contributed by atoms with Gasteiger partial charge in [-0.05, 0) is 80.8 Å². The summed E-state index contributed by atoms with van der Waals surface area (Å²) in [4.78, 5) is 18.1. The Hall–Kier alpha value is -1.77. The molecule has 0 aliphatic carbocycles. The number of nitrogens with zero attached hydrogens (tertiary/aromatic N) is 1. The van der Waals surface area contributed by atoms with Crippen LogP contribution < -0.4 is 4.72 Å². The molecule has 2 aromatic rings. The number of likely N-dealkylation sites (tertiary alicyclic amines) is 1. The average molecular weight is 494 g/mol. The van der Waals surface area contributed by atoms with Gasteiger partial charge in [-0.3, -0.25) is 4.79 Å². The van der Waals surface area contributed by atoms with Crippen LogP contribution in [0.4, 0.5) is 4.39 Å². The number of benzene rings is 1. The lowest BCUT2D eigenvalue weighted by molar-refractivity contribution is -0.120. The Bertz CT molecular complexity index is 1070. The van der Waals surface area contributed by atoms with Gasteiger partial charge in [0, 0.05) is 42.5 Å². The summed E-state index contributed by atoms with van der Waals surface area (Å²) in [6.07, 6.45) is 6.53. The van der Waals surface area contributed by atoms with E-state index in [1.54, 1.807) is 19.1 Å². The number of aromatic amines is 1. The maximum atomic E-state index is 13.5. The highest BCUT2D eigenvalue weighted by molar-refractivity contribution is 7.89. The first kappa shape index (κ1) is 26.8. The quantitative estimate of drug-likeness (QED) is 0.477. The zero-order valence-corrected chi connectivity index (χ0v) is 21.8. The molecule has 1 atom stereocenters. The summed E-state index contributed by atoms with van der Waals surface area (Å²) in [6, 6.07) is 4.60. The number of rotatable bonds is 11. The SMILES string of the molecule is CCS(=O)(=O)NC(CN1CCC(CC(=O)CCCc2c[nH]c3ccc(F)cc23)CC1)C(C)(C)C. The van der Waals surface area contributed by atoms with Gasteiger partial charge in [-0.1, -0.05) is 20.8 Å². The minimum atomic E-state index is -3.26. The fourth-order valence-electron chi connectivity index (χ4n) is 4.68. The van der Waals surface area contributed by atoms with E-state index in [0.29, 0.717) is 31.1 Å². The van der Waals surface area contributed by atoms with Crippen LogP contribution in [0.15, 0.2) is 24.4 Å². The van der Waals surface area contributed by atoms with Gasteiger partial charge in [0.25, 0.3) is 0 Å². The van der Waals surface area contributed by atoms with Gasteiger partial charge in [0.1, 0.15) is 11.6 Å². The maximum absolute atomic E-state index is 13.5. The Balaban J connectivity index is 1.41. The zero-order chi connectivity index (χ0) is 24.9.